The first-order valence-corrected chi connectivity index (χ1v) is 10.5. The zero-order chi connectivity index (χ0) is 22.7. The Morgan fingerprint density at radius 3 is 2.53 bits per heavy atom. The van der Waals surface area contributed by atoms with Gasteiger partial charge in [-0.3, -0.25) is 14.6 Å². The summed E-state index contributed by atoms with van der Waals surface area (Å²) in [6.07, 6.45) is 1.22. The van der Waals surface area contributed by atoms with Gasteiger partial charge in [-0.25, -0.2) is 9.37 Å². The van der Waals surface area contributed by atoms with Crippen LogP contribution >= 0.6 is 23.2 Å². The van der Waals surface area contributed by atoms with E-state index in [0.717, 1.165) is 0 Å². The lowest BCUT2D eigenvalue weighted by Crippen LogP contribution is -2.20. The van der Waals surface area contributed by atoms with Gasteiger partial charge in [-0.15, -0.1) is 0 Å². The van der Waals surface area contributed by atoms with Crippen molar-refractivity contribution >= 4 is 46.5 Å². The van der Waals surface area contributed by atoms with Gasteiger partial charge in [0.15, 0.2) is 5.78 Å². The fraction of sp³-hybridized carbons (Fsp3) is 0.130. The first kappa shape index (κ1) is 21.9. The van der Waals surface area contributed by atoms with Crippen molar-refractivity contribution in [1.29, 1.82) is 0 Å². The van der Waals surface area contributed by atoms with Gasteiger partial charge >= 0.3 is 0 Å². The van der Waals surface area contributed by atoms with Crippen LogP contribution in [-0.2, 0) is 6.42 Å². The Labute approximate surface area is 193 Å². The fourth-order valence-corrected chi connectivity index (χ4v) is 3.58. The molecule has 6 nitrogen and oxygen atoms in total. The van der Waals surface area contributed by atoms with E-state index in [1.54, 1.807) is 30.3 Å². The van der Waals surface area contributed by atoms with E-state index in [4.69, 9.17) is 23.2 Å². The molecule has 2 heterocycles. The van der Waals surface area contributed by atoms with E-state index in [1.807, 2.05) is 0 Å². The number of carbonyl (C=O) groups is 2. The van der Waals surface area contributed by atoms with Crippen LogP contribution < -0.4 is 10.6 Å². The van der Waals surface area contributed by atoms with Crippen molar-refractivity contribution in [2.75, 3.05) is 18.4 Å². The third-order valence-corrected chi connectivity index (χ3v) is 5.31. The Balaban J connectivity index is 1.55. The lowest BCUT2D eigenvalue weighted by Gasteiger charge is -2.11. The van der Waals surface area contributed by atoms with Crippen molar-refractivity contribution in [3.63, 3.8) is 0 Å². The molecule has 9 heteroatoms. The number of amides is 1. The topological polar surface area (TPSA) is 83.5 Å². The summed E-state index contributed by atoms with van der Waals surface area (Å²) >= 11 is 11.9. The summed E-state index contributed by atoms with van der Waals surface area (Å²) in [5, 5.41) is 6.47. The van der Waals surface area contributed by atoms with E-state index < -0.39 is 17.5 Å². The van der Waals surface area contributed by atoms with Crippen molar-refractivity contribution < 1.29 is 14.0 Å². The lowest BCUT2D eigenvalue weighted by molar-refractivity contribution is 0.0988. The number of amidine groups is 1. The molecule has 1 aliphatic heterocycles. The Hall–Kier alpha value is -3.29. The average Bonchev–Trinajstić information content (AvgIpc) is 3.31. The van der Waals surface area contributed by atoms with Crippen molar-refractivity contribution in [2.24, 2.45) is 4.99 Å². The predicted molar refractivity (Wildman–Crippen MR) is 122 cm³/mol. The van der Waals surface area contributed by atoms with Crippen LogP contribution in [0.2, 0.25) is 10.0 Å². The molecule has 4 rings (SSSR count). The molecule has 0 fully saturated rings. The number of hydrogen-bond donors (Lipinski definition) is 2. The van der Waals surface area contributed by atoms with Crippen LogP contribution in [0.25, 0.3) is 0 Å². The summed E-state index contributed by atoms with van der Waals surface area (Å²) in [7, 11) is 0. The van der Waals surface area contributed by atoms with Gasteiger partial charge in [-0.1, -0.05) is 35.3 Å². The molecule has 0 saturated heterocycles. The minimum Gasteiger partial charge on any atom is -0.368 e. The summed E-state index contributed by atoms with van der Waals surface area (Å²) in [6, 6.07) is 12.1. The van der Waals surface area contributed by atoms with E-state index >= 15 is 0 Å². The number of aromatic nitrogens is 1. The molecule has 0 saturated carbocycles. The molecule has 0 atom stereocenters. The van der Waals surface area contributed by atoms with E-state index in [1.165, 1.54) is 24.4 Å². The van der Waals surface area contributed by atoms with Crippen LogP contribution in [0.15, 0.2) is 59.7 Å². The Bertz CT molecular complexity index is 1230. The number of hydrogen-bond acceptors (Lipinski definition) is 5. The lowest BCUT2D eigenvalue weighted by atomic mass is 9.97. The molecule has 32 heavy (non-hydrogen) atoms. The highest BCUT2D eigenvalue weighted by molar-refractivity contribution is 6.31. The minimum atomic E-state index is -0.644. The zero-order valence-corrected chi connectivity index (χ0v) is 18.2. The quantitative estimate of drug-likeness (QED) is 0.517. The van der Waals surface area contributed by atoms with Crippen LogP contribution in [-0.4, -0.2) is 35.6 Å². The number of rotatable bonds is 6. The van der Waals surface area contributed by atoms with Crippen LogP contribution in [0.1, 0.15) is 31.8 Å². The van der Waals surface area contributed by atoms with E-state index in [-0.39, 0.29) is 17.5 Å². The molecule has 3 aromatic rings. The normalized spacial score (nSPS) is 12.8. The third-order valence-electron chi connectivity index (χ3n) is 4.85. The van der Waals surface area contributed by atoms with Gasteiger partial charge in [0.2, 0.25) is 0 Å². The van der Waals surface area contributed by atoms with Crippen LogP contribution in [0.4, 0.5) is 10.2 Å². The molecule has 2 aromatic carbocycles. The maximum atomic E-state index is 14.7. The van der Waals surface area contributed by atoms with Gasteiger partial charge in [0.05, 0.1) is 17.1 Å². The second-order valence-electron chi connectivity index (χ2n) is 7.07. The average molecular weight is 471 g/mol. The van der Waals surface area contributed by atoms with Gasteiger partial charge in [-0.2, -0.15) is 0 Å². The summed E-state index contributed by atoms with van der Waals surface area (Å²) in [5.74, 6) is -0.700. The number of halogens is 3. The van der Waals surface area contributed by atoms with Crippen molar-refractivity contribution in [1.82, 2.24) is 10.3 Å². The molecule has 0 bridgehead atoms. The second kappa shape index (κ2) is 9.46. The van der Waals surface area contributed by atoms with Gasteiger partial charge in [0.25, 0.3) is 5.91 Å². The molecular formula is C23H17Cl2FN4O2. The van der Waals surface area contributed by atoms with Crippen molar-refractivity contribution in [2.45, 2.75) is 6.42 Å². The summed E-state index contributed by atoms with van der Waals surface area (Å²) in [6.45, 7) is 1.33. The van der Waals surface area contributed by atoms with Crippen LogP contribution in [0.3, 0.4) is 0 Å². The summed E-state index contributed by atoms with van der Waals surface area (Å²) in [4.78, 5) is 33.9. The van der Waals surface area contributed by atoms with E-state index in [2.05, 4.69) is 20.6 Å². The number of ketones is 1. The third kappa shape index (κ3) is 4.95. The van der Waals surface area contributed by atoms with Crippen molar-refractivity contribution in [3.8, 4) is 0 Å². The standard InChI is InChI=1S/C23H17Cl2FN4O2/c24-15-3-1-13(18(11-15)23(32)30-21-6-4-16(25)12-29-21)10-20(31)17-5-2-14(9-19(17)26)22-27-7-8-28-22/h1-6,9,11-12H,7-8,10H2,(H,27,28)(H,29,30,32). The Morgan fingerprint density at radius 2 is 1.84 bits per heavy atom. The summed E-state index contributed by atoms with van der Waals surface area (Å²) < 4.78 is 14.7. The van der Waals surface area contributed by atoms with Gasteiger partial charge < -0.3 is 10.6 Å². The molecule has 0 spiro atoms. The van der Waals surface area contributed by atoms with E-state index in [9.17, 15) is 14.0 Å². The number of pyridine rings is 1. The monoisotopic (exact) mass is 470 g/mol. The molecule has 2 N–H and O–H groups in total. The number of benzene rings is 2. The maximum Gasteiger partial charge on any atom is 0.257 e. The minimum absolute atomic E-state index is 0.0620. The molecule has 162 valence electrons. The van der Waals surface area contributed by atoms with Gasteiger partial charge in [0, 0.05) is 35.3 Å². The molecule has 0 unspecified atom stereocenters. The molecular weight excluding hydrogens is 454 g/mol. The molecule has 1 amide bonds. The highest BCUT2D eigenvalue weighted by Crippen LogP contribution is 2.21. The first-order chi connectivity index (χ1) is 15.4. The molecule has 1 aliphatic rings. The van der Waals surface area contributed by atoms with Gasteiger partial charge in [0.1, 0.15) is 17.5 Å². The maximum absolute atomic E-state index is 14.7. The number of nitrogens with one attached hydrogen (secondary N) is 2. The number of nitrogens with zero attached hydrogens (tertiary/aromatic N) is 2. The number of aliphatic imine (C=N–C) groups is 1. The number of anilines is 1. The SMILES string of the molecule is O=C(Cc1ccc(Cl)cc1C(=O)Nc1ccc(Cl)cn1)c1ccc(C2=NCCN2)cc1F. The Kier molecular flexibility index (Phi) is 6.48. The Morgan fingerprint density at radius 1 is 1.03 bits per heavy atom. The van der Waals surface area contributed by atoms with Crippen LogP contribution in [0.5, 0.6) is 0 Å². The highest BCUT2D eigenvalue weighted by atomic mass is 35.5. The zero-order valence-electron chi connectivity index (χ0n) is 16.7. The largest absolute Gasteiger partial charge is 0.368 e. The number of carbonyl (C=O) groups excluding carboxylic acids is 2. The smallest absolute Gasteiger partial charge is 0.257 e. The predicted octanol–water partition coefficient (Wildman–Crippen LogP) is 4.56. The molecule has 0 aliphatic carbocycles. The number of Topliss-reactive ketones (excluding diaryl/α,β-unsaturated/α-hetero) is 1. The fourth-order valence-electron chi connectivity index (χ4n) is 3.30. The summed E-state index contributed by atoms with van der Waals surface area (Å²) in [5.41, 5.74) is 1.13. The molecule has 1 aromatic heterocycles. The van der Waals surface area contributed by atoms with E-state index in [0.29, 0.717) is 45.9 Å². The first-order valence-electron chi connectivity index (χ1n) is 9.73. The highest BCUT2D eigenvalue weighted by Gasteiger charge is 2.20. The van der Waals surface area contributed by atoms with Crippen molar-refractivity contribution in [3.05, 3.63) is 92.8 Å². The van der Waals surface area contributed by atoms with Gasteiger partial charge in [-0.05, 0) is 42.0 Å². The second-order valence-corrected chi connectivity index (χ2v) is 7.94. The molecule has 0 radical (unpaired) electrons. The van der Waals surface area contributed by atoms with Crippen LogP contribution in [0, 0.1) is 5.82 Å².